The summed E-state index contributed by atoms with van der Waals surface area (Å²) >= 11 is 1.25. The van der Waals surface area contributed by atoms with E-state index in [1.54, 1.807) is 24.3 Å². The molecule has 21 heavy (non-hydrogen) atoms. The van der Waals surface area contributed by atoms with E-state index < -0.39 is 16.0 Å². The summed E-state index contributed by atoms with van der Waals surface area (Å²) in [5.41, 5.74) is 0.878. The monoisotopic (exact) mass is 325 g/mol. The first-order valence-corrected chi connectivity index (χ1v) is 8.63. The molecule has 1 aromatic heterocycles. The minimum atomic E-state index is -3.52. The molecule has 0 bridgehead atoms. The fourth-order valence-corrected chi connectivity index (χ4v) is 4.07. The van der Waals surface area contributed by atoms with Crippen LogP contribution in [0.5, 0.6) is 0 Å². The fourth-order valence-electron chi connectivity index (χ4n) is 1.71. The molecule has 0 saturated carbocycles. The van der Waals surface area contributed by atoms with Gasteiger partial charge in [-0.3, -0.25) is 0 Å². The van der Waals surface area contributed by atoms with Gasteiger partial charge in [-0.2, -0.15) is 0 Å². The molecule has 2 N–H and O–H groups in total. The van der Waals surface area contributed by atoms with Gasteiger partial charge in [0.2, 0.25) is 10.0 Å². The van der Waals surface area contributed by atoms with E-state index in [4.69, 9.17) is 5.11 Å². The quantitative estimate of drug-likeness (QED) is 0.854. The lowest BCUT2D eigenvalue weighted by Gasteiger charge is -2.05. The molecule has 0 amide bonds. The number of benzene rings is 1. The van der Waals surface area contributed by atoms with Crippen LogP contribution in [0.3, 0.4) is 0 Å². The van der Waals surface area contributed by atoms with Gasteiger partial charge in [-0.25, -0.2) is 17.9 Å². The van der Waals surface area contributed by atoms with Crippen LogP contribution in [0.2, 0.25) is 0 Å². The van der Waals surface area contributed by atoms with Gasteiger partial charge in [0.1, 0.15) is 4.21 Å². The number of hydrogen-bond donors (Lipinski definition) is 2. The van der Waals surface area contributed by atoms with Gasteiger partial charge in [0, 0.05) is 11.4 Å². The van der Waals surface area contributed by atoms with Crippen LogP contribution in [-0.4, -0.2) is 19.5 Å². The predicted octanol–water partition coefficient (Wildman–Crippen LogP) is 2.49. The Morgan fingerprint density at radius 1 is 1.19 bits per heavy atom. The molecule has 0 saturated heterocycles. The van der Waals surface area contributed by atoms with E-state index in [9.17, 15) is 13.2 Å². The van der Waals surface area contributed by atoms with Crippen LogP contribution in [0.15, 0.2) is 40.6 Å². The van der Waals surface area contributed by atoms with E-state index >= 15 is 0 Å². The number of hydrogen-bond acceptors (Lipinski definition) is 4. The molecule has 1 heterocycles. The van der Waals surface area contributed by atoms with Crippen molar-refractivity contribution in [2.24, 2.45) is 0 Å². The lowest BCUT2D eigenvalue weighted by atomic mass is 10.1. The largest absolute Gasteiger partial charge is 0.478 e. The molecule has 0 unspecified atom stereocenters. The highest BCUT2D eigenvalue weighted by molar-refractivity contribution is 7.91. The number of sulfonamides is 1. The Labute approximate surface area is 127 Å². The van der Waals surface area contributed by atoms with Crippen molar-refractivity contribution in [3.05, 3.63) is 52.4 Å². The van der Waals surface area contributed by atoms with Crippen molar-refractivity contribution in [2.75, 3.05) is 0 Å². The standard InChI is InChI=1S/C14H15NO4S2/c1-2-12-7-8-13(20-12)21(18,19)15-9-10-3-5-11(6-4-10)14(16)17/h3-8,15H,2,9H2,1H3,(H,16,17). The molecule has 0 spiro atoms. The van der Waals surface area contributed by atoms with Crippen molar-refractivity contribution in [3.8, 4) is 0 Å². The smallest absolute Gasteiger partial charge is 0.335 e. The van der Waals surface area contributed by atoms with E-state index in [-0.39, 0.29) is 12.1 Å². The van der Waals surface area contributed by atoms with Crippen LogP contribution in [0, 0.1) is 0 Å². The first-order valence-electron chi connectivity index (χ1n) is 6.33. The average Bonchev–Trinajstić information content (AvgIpc) is 2.95. The molecule has 5 nitrogen and oxygen atoms in total. The zero-order valence-electron chi connectivity index (χ0n) is 11.4. The van der Waals surface area contributed by atoms with Gasteiger partial charge >= 0.3 is 5.97 Å². The zero-order valence-corrected chi connectivity index (χ0v) is 13.0. The maximum absolute atomic E-state index is 12.1. The number of nitrogens with one attached hydrogen (secondary N) is 1. The zero-order chi connectivity index (χ0) is 15.5. The number of aryl methyl sites for hydroxylation is 1. The van der Waals surface area contributed by atoms with Crippen molar-refractivity contribution in [3.63, 3.8) is 0 Å². The van der Waals surface area contributed by atoms with Crippen LogP contribution < -0.4 is 4.72 Å². The Hall–Kier alpha value is -1.70. The van der Waals surface area contributed by atoms with Gasteiger partial charge in [-0.15, -0.1) is 11.3 Å². The summed E-state index contributed by atoms with van der Waals surface area (Å²) in [6, 6.07) is 9.49. The highest BCUT2D eigenvalue weighted by atomic mass is 32.2. The SMILES string of the molecule is CCc1ccc(S(=O)(=O)NCc2ccc(C(=O)O)cc2)s1. The summed E-state index contributed by atoms with van der Waals surface area (Å²) in [6.07, 6.45) is 0.802. The highest BCUT2D eigenvalue weighted by Gasteiger charge is 2.16. The summed E-state index contributed by atoms with van der Waals surface area (Å²) in [4.78, 5) is 11.8. The lowest BCUT2D eigenvalue weighted by Crippen LogP contribution is -2.22. The summed E-state index contributed by atoms with van der Waals surface area (Å²) < 4.78 is 27.0. The molecule has 112 valence electrons. The van der Waals surface area contributed by atoms with Gasteiger partial charge in [-0.1, -0.05) is 19.1 Å². The van der Waals surface area contributed by atoms with Crippen molar-refractivity contribution in [2.45, 2.75) is 24.1 Å². The number of aromatic carboxylic acids is 1. The molecule has 1 aromatic carbocycles. The Bertz CT molecular complexity index is 733. The Kier molecular flexibility index (Phi) is 4.76. The van der Waals surface area contributed by atoms with Crippen molar-refractivity contribution < 1.29 is 18.3 Å². The molecule has 0 aliphatic rings. The maximum atomic E-state index is 12.1. The van der Waals surface area contributed by atoms with E-state index in [1.165, 1.54) is 23.5 Å². The predicted molar refractivity (Wildman–Crippen MR) is 81.1 cm³/mol. The van der Waals surface area contributed by atoms with E-state index in [2.05, 4.69) is 4.72 Å². The van der Waals surface area contributed by atoms with Crippen LogP contribution in [-0.2, 0) is 23.0 Å². The molecule has 0 aliphatic carbocycles. The van der Waals surface area contributed by atoms with Crippen LogP contribution in [0.25, 0.3) is 0 Å². The van der Waals surface area contributed by atoms with E-state index in [1.807, 2.05) is 6.92 Å². The normalized spacial score (nSPS) is 11.5. The second-order valence-corrected chi connectivity index (χ2v) is 7.56. The fraction of sp³-hybridized carbons (Fsp3) is 0.214. The Morgan fingerprint density at radius 3 is 2.38 bits per heavy atom. The number of carbonyl (C=O) groups is 1. The Morgan fingerprint density at radius 2 is 1.86 bits per heavy atom. The first kappa shape index (κ1) is 15.7. The summed E-state index contributed by atoms with van der Waals surface area (Å²) in [5, 5.41) is 8.80. The second kappa shape index (κ2) is 6.38. The summed E-state index contributed by atoms with van der Waals surface area (Å²) in [6.45, 7) is 2.10. The summed E-state index contributed by atoms with van der Waals surface area (Å²) in [7, 11) is -3.52. The third-order valence-electron chi connectivity index (χ3n) is 2.92. The van der Waals surface area contributed by atoms with Gasteiger partial charge in [-0.05, 0) is 36.2 Å². The van der Waals surface area contributed by atoms with Crippen LogP contribution in [0.1, 0.15) is 27.7 Å². The van der Waals surface area contributed by atoms with Crippen molar-refractivity contribution in [1.29, 1.82) is 0 Å². The minimum Gasteiger partial charge on any atom is -0.478 e. The first-order chi connectivity index (χ1) is 9.92. The molecule has 0 fully saturated rings. The number of thiophene rings is 1. The minimum absolute atomic E-state index is 0.127. The summed E-state index contributed by atoms with van der Waals surface area (Å²) in [5.74, 6) is -1.01. The molecular weight excluding hydrogens is 310 g/mol. The Balaban J connectivity index is 2.06. The van der Waals surface area contributed by atoms with Gasteiger partial charge in [0.05, 0.1) is 5.56 Å². The third kappa shape index (κ3) is 3.90. The topological polar surface area (TPSA) is 83.5 Å². The number of carboxylic acid groups (broad SMARTS) is 1. The van der Waals surface area contributed by atoms with Gasteiger partial charge in [0.15, 0.2) is 0 Å². The molecule has 7 heteroatoms. The third-order valence-corrected chi connectivity index (χ3v) is 6.04. The highest BCUT2D eigenvalue weighted by Crippen LogP contribution is 2.21. The molecule has 0 atom stereocenters. The molecule has 0 radical (unpaired) electrons. The van der Waals surface area contributed by atoms with Gasteiger partial charge in [0.25, 0.3) is 0 Å². The van der Waals surface area contributed by atoms with Crippen molar-refractivity contribution in [1.82, 2.24) is 4.72 Å². The van der Waals surface area contributed by atoms with Gasteiger partial charge < -0.3 is 5.11 Å². The molecule has 2 rings (SSSR count). The molecular formula is C14H15NO4S2. The number of rotatable bonds is 6. The van der Waals surface area contributed by atoms with Crippen LogP contribution in [0.4, 0.5) is 0 Å². The molecule has 0 aliphatic heterocycles. The second-order valence-electron chi connectivity index (χ2n) is 4.40. The average molecular weight is 325 g/mol. The maximum Gasteiger partial charge on any atom is 0.335 e. The molecule has 2 aromatic rings. The van der Waals surface area contributed by atoms with E-state index in [0.29, 0.717) is 9.77 Å². The van der Waals surface area contributed by atoms with E-state index in [0.717, 1.165) is 11.3 Å². The lowest BCUT2D eigenvalue weighted by molar-refractivity contribution is 0.0697. The van der Waals surface area contributed by atoms with Crippen molar-refractivity contribution >= 4 is 27.3 Å². The van der Waals surface area contributed by atoms with Crippen LogP contribution >= 0.6 is 11.3 Å². The number of carboxylic acids is 1.